The zero-order valence-corrected chi connectivity index (χ0v) is 20.4. The van der Waals surface area contributed by atoms with E-state index in [4.69, 9.17) is 21.1 Å². The second kappa shape index (κ2) is 10.0. The summed E-state index contributed by atoms with van der Waals surface area (Å²) in [4.78, 5) is 13.3. The van der Waals surface area contributed by atoms with E-state index in [0.717, 1.165) is 16.7 Å². The van der Waals surface area contributed by atoms with E-state index in [9.17, 15) is 13.2 Å². The second-order valence-corrected chi connectivity index (χ2v) is 10.2. The van der Waals surface area contributed by atoms with Crippen LogP contribution in [0, 0.1) is 0 Å². The lowest BCUT2D eigenvalue weighted by atomic mass is 9.95. The molecule has 0 radical (unpaired) electrons. The maximum atomic E-state index is 13.7. The number of halogens is 1. The number of amides is 1. The van der Waals surface area contributed by atoms with Gasteiger partial charge in [-0.1, -0.05) is 48.0 Å². The number of carbonyl (C=O) groups is 1. The van der Waals surface area contributed by atoms with Crippen molar-refractivity contribution in [3.05, 3.63) is 88.4 Å². The average molecular weight is 501 g/mol. The number of ether oxygens (including phenoxy) is 2. The summed E-state index contributed by atoms with van der Waals surface area (Å²) in [6.45, 7) is 0.323. The molecule has 1 aliphatic rings. The third-order valence-corrected chi connectivity index (χ3v) is 7.91. The lowest BCUT2D eigenvalue weighted by molar-refractivity contribution is -0.125. The maximum Gasteiger partial charge on any atom is 0.244 e. The number of fused-ring (bicyclic) bond motifs is 1. The lowest BCUT2D eigenvalue weighted by Gasteiger charge is -2.35. The molecular weight excluding hydrogens is 476 g/mol. The number of carbonyl (C=O) groups excluding carboxylic acids is 1. The summed E-state index contributed by atoms with van der Waals surface area (Å²) in [5.41, 5.74) is 2.64. The summed E-state index contributed by atoms with van der Waals surface area (Å²) in [6.07, 6.45) is 0.268. The molecule has 0 spiro atoms. The van der Waals surface area contributed by atoms with Crippen molar-refractivity contribution in [2.24, 2.45) is 0 Å². The number of nitrogens with one attached hydrogen (secondary N) is 1. The number of rotatable bonds is 7. The molecule has 178 valence electrons. The van der Waals surface area contributed by atoms with Crippen molar-refractivity contribution in [2.75, 3.05) is 14.2 Å². The quantitative estimate of drug-likeness (QED) is 0.533. The SMILES string of the molecule is COc1ccc(S(=O)(=O)N2Cc3ccccc3CC2C(=O)NCc2cccc(Cl)c2)cc1OC. The molecule has 9 heteroatoms. The number of nitrogens with zero attached hydrogens (tertiary/aromatic N) is 1. The van der Waals surface area contributed by atoms with E-state index in [1.54, 1.807) is 18.2 Å². The van der Waals surface area contributed by atoms with Crippen LogP contribution in [0.2, 0.25) is 5.02 Å². The van der Waals surface area contributed by atoms with Gasteiger partial charge in [-0.05, 0) is 47.4 Å². The molecule has 3 aromatic carbocycles. The molecule has 0 saturated carbocycles. The minimum atomic E-state index is -4.03. The van der Waals surface area contributed by atoms with Gasteiger partial charge in [-0.15, -0.1) is 0 Å². The smallest absolute Gasteiger partial charge is 0.244 e. The zero-order chi connectivity index (χ0) is 24.3. The van der Waals surface area contributed by atoms with Gasteiger partial charge in [-0.25, -0.2) is 8.42 Å². The molecule has 4 rings (SSSR count). The van der Waals surface area contributed by atoms with Gasteiger partial charge in [0.05, 0.1) is 19.1 Å². The van der Waals surface area contributed by atoms with Crippen LogP contribution in [0.15, 0.2) is 71.6 Å². The fraction of sp³-hybridized carbons (Fsp3) is 0.240. The predicted octanol–water partition coefficient (Wildman–Crippen LogP) is 3.79. The molecule has 1 unspecified atom stereocenters. The molecule has 1 atom stereocenters. The third kappa shape index (κ3) is 4.89. The number of sulfonamides is 1. The molecule has 0 aromatic heterocycles. The Morgan fingerprint density at radius 1 is 1.00 bits per heavy atom. The average Bonchev–Trinajstić information content (AvgIpc) is 2.86. The predicted molar refractivity (Wildman–Crippen MR) is 130 cm³/mol. The van der Waals surface area contributed by atoms with Crippen LogP contribution in [0.5, 0.6) is 11.5 Å². The van der Waals surface area contributed by atoms with Gasteiger partial charge in [0.1, 0.15) is 6.04 Å². The first-order chi connectivity index (χ1) is 16.3. The summed E-state index contributed by atoms with van der Waals surface area (Å²) in [5.74, 6) is 0.336. The largest absolute Gasteiger partial charge is 0.493 e. The Labute approximate surface area is 204 Å². The van der Waals surface area contributed by atoms with Crippen molar-refractivity contribution in [2.45, 2.75) is 30.4 Å². The lowest BCUT2D eigenvalue weighted by Crippen LogP contribution is -2.52. The third-order valence-electron chi connectivity index (χ3n) is 5.83. The van der Waals surface area contributed by atoms with Gasteiger partial charge < -0.3 is 14.8 Å². The van der Waals surface area contributed by atoms with E-state index >= 15 is 0 Å². The van der Waals surface area contributed by atoms with Gasteiger partial charge in [0.2, 0.25) is 15.9 Å². The summed E-state index contributed by atoms with van der Waals surface area (Å²) in [6, 6.07) is 18.2. The van der Waals surface area contributed by atoms with Gasteiger partial charge in [0.15, 0.2) is 11.5 Å². The van der Waals surface area contributed by atoms with Gasteiger partial charge in [0.25, 0.3) is 0 Å². The Morgan fingerprint density at radius 3 is 2.44 bits per heavy atom. The summed E-state index contributed by atoms with van der Waals surface area (Å²) in [7, 11) is -1.11. The minimum Gasteiger partial charge on any atom is -0.493 e. The summed E-state index contributed by atoms with van der Waals surface area (Å²) >= 11 is 6.04. The first-order valence-electron chi connectivity index (χ1n) is 10.7. The topological polar surface area (TPSA) is 84.9 Å². The maximum absolute atomic E-state index is 13.7. The molecule has 1 aliphatic heterocycles. The molecule has 0 saturated heterocycles. The Balaban J connectivity index is 1.67. The van der Waals surface area contributed by atoms with E-state index < -0.39 is 16.1 Å². The van der Waals surface area contributed by atoms with Crippen molar-refractivity contribution in [1.82, 2.24) is 9.62 Å². The highest BCUT2D eigenvalue weighted by Gasteiger charge is 2.39. The van der Waals surface area contributed by atoms with Crippen LogP contribution in [-0.4, -0.2) is 38.9 Å². The Bertz CT molecular complexity index is 1310. The summed E-state index contributed by atoms with van der Waals surface area (Å²) < 4.78 is 39.2. The molecule has 1 amide bonds. The molecule has 34 heavy (non-hydrogen) atoms. The Kier molecular flexibility index (Phi) is 7.11. The van der Waals surface area contributed by atoms with Crippen molar-refractivity contribution >= 4 is 27.5 Å². The fourth-order valence-corrected chi connectivity index (χ4v) is 5.84. The Hall–Kier alpha value is -3.07. The molecular formula is C25H25ClN2O5S. The number of benzene rings is 3. The van der Waals surface area contributed by atoms with Gasteiger partial charge in [-0.3, -0.25) is 4.79 Å². The van der Waals surface area contributed by atoms with Gasteiger partial charge >= 0.3 is 0 Å². The fourth-order valence-electron chi connectivity index (χ4n) is 4.04. The Morgan fingerprint density at radius 2 is 1.74 bits per heavy atom. The van der Waals surface area contributed by atoms with Gasteiger partial charge in [0, 0.05) is 24.2 Å². The molecule has 0 fully saturated rings. The molecule has 1 heterocycles. The highest BCUT2D eigenvalue weighted by Crippen LogP contribution is 2.34. The van der Waals surface area contributed by atoms with Crippen molar-refractivity contribution in [3.8, 4) is 11.5 Å². The first kappa shape index (κ1) is 24.1. The molecule has 7 nitrogen and oxygen atoms in total. The second-order valence-electron chi connectivity index (χ2n) is 7.90. The van der Waals surface area contributed by atoms with Crippen LogP contribution < -0.4 is 14.8 Å². The van der Waals surface area contributed by atoms with E-state index in [1.165, 1.54) is 36.7 Å². The van der Waals surface area contributed by atoms with Gasteiger partial charge in [-0.2, -0.15) is 4.31 Å². The van der Waals surface area contributed by atoms with Crippen molar-refractivity contribution in [3.63, 3.8) is 0 Å². The van der Waals surface area contributed by atoms with E-state index in [2.05, 4.69) is 5.32 Å². The highest BCUT2D eigenvalue weighted by atomic mass is 35.5. The number of methoxy groups -OCH3 is 2. The van der Waals surface area contributed by atoms with Crippen LogP contribution in [0.1, 0.15) is 16.7 Å². The number of hydrogen-bond donors (Lipinski definition) is 1. The van der Waals surface area contributed by atoms with Crippen LogP contribution in [0.4, 0.5) is 0 Å². The van der Waals surface area contributed by atoms with Crippen LogP contribution in [0.3, 0.4) is 0 Å². The molecule has 3 aromatic rings. The monoisotopic (exact) mass is 500 g/mol. The van der Waals surface area contributed by atoms with Crippen LogP contribution in [-0.2, 0) is 34.3 Å². The normalized spacial score (nSPS) is 15.9. The van der Waals surface area contributed by atoms with E-state index in [0.29, 0.717) is 16.5 Å². The van der Waals surface area contributed by atoms with E-state index in [1.807, 2.05) is 30.3 Å². The minimum absolute atomic E-state index is 0.0252. The standard InChI is InChI=1S/C25H25ClN2O5S/c1-32-23-11-10-21(14-24(23)33-2)34(30,31)28-16-19-8-4-3-7-18(19)13-22(28)25(29)27-15-17-6-5-9-20(26)12-17/h3-12,14,22H,13,15-16H2,1-2H3,(H,27,29). The van der Waals surface area contributed by atoms with Crippen molar-refractivity contribution < 1.29 is 22.7 Å². The molecule has 0 aliphatic carbocycles. The van der Waals surface area contributed by atoms with Crippen LogP contribution in [0.25, 0.3) is 0 Å². The van der Waals surface area contributed by atoms with Crippen LogP contribution >= 0.6 is 11.6 Å². The van der Waals surface area contributed by atoms with E-state index in [-0.39, 0.29) is 30.3 Å². The first-order valence-corrected chi connectivity index (χ1v) is 12.5. The molecule has 0 bridgehead atoms. The summed E-state index contributed by atoms with van der Waals surface area (Å²) in [5, 5.41) is 3.44. The molecule has 1 N–H and O–H groups in total. The highest BCUT2D eigenvalue weighted by molar-refractivity contribution is 7.89. The number of hydrogen-bond acceptors (Lipinski definition) is 5. The zero-order valence-electron chi connectivity index (χ0n) is 18.8. The van der Waals surface area contributed by atoms with Crippen molar-refractivity contribution in [1.29, 1.82) is 0 Å².